The summed E-state index contributed by atoms with van der Waals surface area (Å²) in [5, 5.41) is 12.0. The molecule has 1 N–H and O–H groups in total. The minimum Gasteiger partial charge on any atom is -0.267 e. The number of benzene rings is 1. The van der Waals surface area contributed by atoms with Crippen molar-refractivity contribution in [3.8, 4) is 5.82 Å². The summed E-state index contributed by atoms with van der Waals surface area (Å²) >= 11 is 0. The highest BCUT2D eigenvalue weighted by Crippen LogP contribution is 2.17. The standard InChI is InChI=1S/C16H16FN5O2S/c1-11-3-5-13(9-14(11)17)10-25(23,24)21-16-7-8-18-22(16)15-6-4-12(2)19-20-15/h3-9,21H,10H2,1-2H3. The van der Waals surface area contributed by atoms with E-state index in [0.29, 0.717) is 16.9 Å². The third-order valence-corrected chi connectivity index (χ3v) is 4.73. The van der Waals surface area contributed by atoms with Gasteiger partial charge in [0.1, 0.15) is 11.6 Å². The highest BCUT2D eigenvalue weighted by atomic mass is 32.2. The van der Waals surface area contributed by atoms with Crippen molar-refractivity contribution >= 4 is 15.8 Å². The second kappa shape index (κ2) is 6.60. The molecule has 0 unspecified atom stereocenters. The van der Waals surface area contributed by atoms with Crippen LogP contribution in [0.15, 0.2) is 42.6 Å². The van der Waals surface area contributed by atoms with Crippen LogP contribution in [-0.2, 0) is 15.8 Å². The first kappa shape index (κ1) is 17.0. The second-order valence-corrected chi connectivity index (χ2v) is 7.33. The van der Waals surface area contributed by atoms with Crippen molar-refractivity contribution in [1.29, 1.82) is 0 Å². The molecule has 0 amide bonds. The second-order valence-electron chi connectivity index (χ2n) is 5.61. The van der Waals surface area contributed by atoms with Crippen LogP contribution >= 0.6 is 0 Å². The average Bonchev–Trinajstić information content (AvgIpc) is 2.98. The number of anilines is 1. The monoisotopic (exact) mass is 361 g/mol. The fraction of sp³-hybridized carbons (Fsp3) is 0.188. The van der Waals surface area contributed by atoms with Gasteiger partial charge in [-0.3, -0.25) is 4.72 Å². The van der Waals surface area contributed by atoms with Crippen molar-refractivity contribution in [2.45, 2.75) is 19.6 Å². The van der Waals surface area contributed by atoms with E-state index < -0.39 is 15.8 Å². The molecule has 0 spiro atoms. The van der Waals surface area contributed by atoms with E-state index >= 15 is 0 Å². The molecule has 9 heteroatoms. The first-order valence-corrected chi connectivity index (χ1v) is 9.09. The van der Waals surface area contributed by atoms with E-state index in [-0.39, 0.29) is 11.6 Å². The van der Waals surface area contributed by atoms with E-state index in [4.69, 9.17) is 0 Å². The smallest absolute Gasteiger partial charge is 0.238 e. The molecule has 0 aliphatic rings. The zero-order valence-corrected chi connectivity index (χ0v) is 14.5. The lowest BCUT2D eigenvalue weighted by molar-refractivity contribution is 0.598. The van der Waals surface area contributed by atoms with Crippen molar-refractivity contribution in [2.75, 3.05) is 4.72 Å². The molecule has 7 nitrogen and oxygen atoms in total. The Kier molecular flexibility index (Phi) is 4.49. The van der Waals surface area contributed by atoms with Crippen LogP contribution in [0.5, 0.6) is 0 Å². The number of aryl methyl sites for hydroxylation is 2. The maximum Gasteiger partial charge on any atom is 0.238 e. The molecule has 0 fully saturated rings. The van der Waals surface area contributed by atoms with E-state index in [0.717, 1.165) is 5.69 Å². The first-order valence-electron chi connectivity index (χ1n) is 7.44. The third kappa shape index (κ3) is 4.00. The Morgan fingerprint density at radius 1 is 1.12 bits per heavy atom. The van der Waals surface area contributed by atoms with Gasteiger partial charge in [-0.1, -0.05) is 12.1 Å². The number of halogens is 1. The molecule has 3 rings (SSSR count). The van der Waals surface area contributed by atoms with Gasteiger partial charge in [-0.05, 0) is 43.2 Å². The molecule has 3 aromatic rings. The van der Waals surface area contributed by atoms with E-state index in [9.17, 15) is 12.8 Å². The van der Waals surface area contributed by atoms with Gasteiger partial charge in [-0.2, -0.15) is 14.9 Å². The van der Waals surface area contributed by atoms with Gasteiger partial charge in [-0.25, -0.2) is 12.8 Å². The van der Waals surface area contributed by atoms with Crippen LogP contribution < -0.4 is 4.72 Å². The van der Waals surface area contributed by atoms with Crippen LogP contribution in [-0.4, -0.2) is 28.4 Å². The zero-order chi connectivity index (χ0) is 18.0. The lowest BCUT2D eigenvalue weighted by atomic mass is 10.2. The average molecular weight is 361 g/mol. The Labute approximate surface area is 144 Å². The predicted molar refractivity (Wildman–Crippen MR) is 91.3 cm³/mol. The molecule has 0 bridgehead atoms. The highest BCUT2D eigenvalue weighted by molar-refractivity contribution is 7.91. The topological polar surface area (TPSA) is 89.8 Å². The van der Waals surface area contributed by atoms with Crippen LogP contribution in [0.2, 0.25) is 0 Å². The maximum atomic E-state index is 13.6. The molecule has 0 aliphatic carbocycles. The number of rotatable bonds is 5. The molecule has 130 valence electrons. The molecule has 0 saturated carbocycles. The quantitative estimate of drug-likeness (QED) is 0.753. The summed E-state index contributed by atoms with van der Waals surface area (Å²) in [5.41, 5.74) is 1.56. The van der Waals surface area contributed by atoms with Crippen molar-refractivity contribution < 1.29 is 12.8 Å². The van der Waals surface area contributed by atoms with Crippen LogP contribution in [0.25, 0.3) is 5.82 Å². The van der Waals surface area contributed by atoms with Crippen molar-refractivity contribution in [3.63, 3.8) is 0 Å². The third-order valence-electron chi connectivity index (χ3n) is 3.50. The molecule has 2 aromatic heterocycles. The molecular formula is C16H16FN5O2S. The summed E-state index contributed by atoms with van der Waals surface area (Å²) in [7, 11) is -3.75. The van der Waals surface area contributed by atoms with Crippen LogP contribution in [0, 0.1) is 19.7 Å². The maximum absolute atomic E-state index is 13.6. The van der Waals surface area contributed by atoms with Crippen LogP contribution in [0.3, 0.4) is 0 Å². The largest absolute Gasteiger partial charge is 0.267 e. The van der Waals surface area contributed by atoms with Gasteiger partial charge >= 0.3 is 0 Å². The van der Waals surface area contributed by atoms with Gasteiger partial charge in [0, 0.05) is 6.07 Å². The number of nitrogens with zero attached hydrogens (tertiary/aromatic N) is 4. The molecule has 0 aliphatic heterocycles. The van der Waals surface area contributed by atoms with Crippen LogP contribution in [0.1, 0.15) is 16.8 Å². The molecule has 0 saturated heterocycles. The Bertz CT molecular complexity index is 1000. The number of hydrogen-bond donors (Lipinski definition) is 1. The van der Waals surface area contributed by atoms with Gasteiger partial charge < -0.3 is 0 Å². The molecule has 2 heterocycles. The molecule has 1 aromatic carbocycles. The van der Waals surface area contributed by atoms with Crippen LogP contribution in [0.4, 0.5) is 10.2 Å². The normalized spacial score (nSPS) is 11.5. The summed E-state index contributed by atoms with van der Waals surface area (Å²) in [4.78, 5) is 0. The predicted octanol–water partition coefficient (Wildman–Crippen LogP) is 2.36. The first-order chi connectivity index (χ1) is 11.8. The van der Waals surface area contributed by atoms with Gasteiger partial charge in [0.05, 0.1) is 17.6 Å². The lowest BCUT2D eigenvalue weighted by Crippen LogP contribution is -2.18. The summed E-state index contributed by atoms with van der Waals surface area (Å²) in [6, 6.07) is 9.29. The Morgan fingerprint density at radius 2 is 1.92 bits per heavy atom. The van der Waals surface area contributed by atoms with E-state index in [2.05, 4.69) is 20.0 Å². The van der Waals surface area contributed by atoms with E-state index in [1.165, 1.54) is 23.0 Å². The summed E-state index contributed by atoms with van der Waals surface area (Å²) < 4.78 is 42.2. The van der Waals surface area contributed by atoms with Gasteiger partial charge in [0.15, 0.2) is 5.82 Å². The van der Waals surface area contributed by atoms with Gasteiger partial charge in [0.2, 0.25) is 10.0 Å². The number of aromatic nitrogens is 4. The Balaban J connectivity index is 1.83. The molecule has 0 atom stereocenters. The summed E-state index contributed by atoms with van der Waals surface area (Å²) in [6.45, 7) is 3.41. The fourth-order valence-electron chi connectivity index (χ4n) is 2.21. The lowest BCUT2D eigenvalue weighted by Gasteiger charge is -2.10. The Morgan fingerprint density at radius 3 is 2.60 bits per heavy atom. The van der Waals surface area contributed by atoms with E-state index in [1.807, 2.05) is 0 Å². The van der Waals surface area contributed by atoms with E-state index in [1.54, 1.807) is 38.1 Å². The Hall–Kier alpha value is -2.81. The van der Waals surface area contributed by atoms with Gasteiger partial charge in [0.25, 0.3) is 0 Å². The zero-order valence-electron chi connectivity index (χ0n) is 13.6. The summed E-state index contributed by atoms with van der Waals surface area (Å²) in [5.74, 6) is -0.178. The highest BCUT2D eigenvalue weighted by Gasteiger charge is 2.16. The molecule has 0 radical (unpaired) electrons. The number of hydrogen-bond acceptors (Lipinski definition) is 5. The summed E-state index contributed by atoms with van der Waals surface area (Å²) in [6.07, 6.45) is 1.45. The SMILES string of the molecule is Cc1ccc(-n2nccc2NS(=O)(=O)Cc2ccc(C)c(F)c2)nn1. The molecule has 25 heavy (non-hydrogen) atoms. The number of sulfonamides is 1. The molecular weight excluding hydrogens is 345 g/mol. The fourth-order valence-corrected chi connectivity index (χ4v) is 3.37. The van der Waals surface area contributed by atoms with Crippen molar-refractivity contribution in [2.24, 2.45) is 0 Å². The van der Waals surface area contributed by atoms with Crippen molar-refractivity contribution in [3.05, 3.63) is 65.2 Å². The van der Waals surface area contributed by atoms with Crippen molar-refractivity contribution in [1.82, 2.24) is 20.0 Å². The minimum atomic E-state index is -3.75. The van der Waals surface area contributed by atoms with Gasteiger partial charge in [-0.15, -0.1) is 5.10 Å². The minimum absolute atomic E-state index is 0.228. The number of nitrogens with one attached hydrogen (secondary N) is 1.